The van der Waals surface area contributed by atoms with Gasteiger partial charge in [0.15, 0.2) is 0 Å². The molecule has 0 heterocycles. The van der Waals surface area contributed by atoms with Crippen LogP contribution in [0.3, 0.4) is 0 Å². The van der Waals surface area contributed by atoms with Crippen LogP contribution in [-0.4, -0.2) is 70.9 Å². The number of amides is 4. The van der Waals surface area contributed by atoms with Crippen LogP contribution in [-0.2, 0) is 24.0 Å². The van der Waals surface area contributed by atoms with Gasteiger partial charge in [-0.15, -0.1) is 0 Å². The van der Waals surface area contributed by atoms with E-state index in [1.165, 1.54) is 11.8 Å². The molecule has 0 radical (unpaired) electrons. The number of nitrogens with two attached hydrogens (primary N) is 2. The molecule has 0 saturated heterocycles. The molecule has 0 aromatic heterocycles. The average molecular weight is 490 g/mol. The van der Waals surface area contributed by atoms with Gasteiger partial charge in [0.2, 0.25) is 23.6 Å². The molecular weight excluding hydrogens is 450 g/mol. The molecule has 0 aromatic rings. The fraction of sp³-hybridized carbons (Fsp3) is 0.762. The Hall–Kier alpha value is -2.34. The van der Waals surface area contributed by atoms with Gasteiger partial charge >= 0.3 is 5.97 Å². The monoisotopic (exact) mass is 489 g/mol. The molecule has 0 spiro atoms. The SMILES string of the molecule is CSCCC(N)C(=O)NC(CCC(N)=O)C(=O)NC(C(=O)NC(CC(C)C)C(=O)O)C(C)C. The molecule has 0 aliphatic rings. The summed E-state index contributed by atoms with van der Waals surface area (Å²) in [6.07, 6.45) is 2.28. The molecule has 0 aliphatic carbocycles. The van der Waals surface area contributed by atoms with E-state index in [9.17, 15) is 29.1 Å². The molecule has 0 fully saturated rings. The van der Waals surface area contributed by atoms with Crippen LogP contribution in [0.25, 0.3) is 0 Å². The van der Waals surface area contributed by atoms with Gasteiger partial charge < -0.3 is 32.5 Å². The molecule has 190 valence electrons. The van der Waals surface area contributed by atoms with Crippen LogP contribution in [0.4, 0.5) is 0 Å². The van der Waals surface area contributed by atoms with Crippen LogP contribution < -0.4 is 27.4 Å². The number of carboxylic acids is 1. The Bertz CT molecular complexity index is 688. The summed E-state index contributed by atoms with van der Waals surface area (Å²) in [6, 6.07) is -4.12. The molecule has 12 heteroatoms. The van der Waals surface area contributed by atoms with E-state index in [1.807, 2.05) is 20.1 Å². The van der Waals surface area contributed by atoms with Gasteiger partial charge in [0.05, 0.1) is 6.04 Å². The van der Waals surface area contributed by atoms with E-state index >= 15 is 0 Å². The minimum Gasteiger partial charge on any atom is -0.480 e. The van der Waals surface area contributed by atoms with Crippen molar-refractivity contribution in [1.29, 1.82) is 0 Å². The molecule has 33 heavy (non-hydrogen) atoms. The van der Waals surface area contributed by atoms with Crippen LogP contribution in [0.5, 0.6) is 0 Å². The number of carbonyl (C=O) groups excluding carboxylic acids is 4. The number of carboxylic acid groups (broad SMARTS) is 1. The third-order valence-corrected chi connectivity index (χ3v) is 5.49. The molecule has 4 amide bonds. The first kappa shape index (κ1) is 30.7. The Morgan fingerprint density at radius 3 is 1.91 bits per heavy atom. The van der Waals surface area contributed by atoms with E-state index in [0.717, 1.165) is 0 Å². The second kappa shape index (κ2) is 15.5. The van der Waals surface area contributed by atoms with Gasteiger partial charge in [-0.3, -0.25) is 19.2 Å². The first-order chi connectivity index (χ1) is 15.3. The van der Waals surface area contributed by atoms with Crippen molar-refractivity contribution in [2.45, 2.75) is 77.5 Å². The molecular formula is C21H39N5O6S. The lowest BCUT2D eigenvalue weighted by Gasteiger charge is -2.27. The molecule has 8 N–H and O–H groups in total. The maximum Gasteiger partial charge on any atom is 0.326 e. The Morgan fingerprint density at radius 2 is 1.45 bits per heavy atom. The van der Waals surface area contributed by atoms with Crippen LogP contribution >= 0.6 is 11.8 Å². The second-order valence-electron chi connectivity index (χ2n) is 8.71. The fourth-order valence-electron chi connectivity index (χ4n) is 2.95. The Morgan fingerprint density at radius 1 is 0.879 bits per heavy atom. The summed E-state index contributed by atoms with van der Waals surface area (Å²) in [5.74, 6) is -3.40. The van der Waals surface area contributed by atoms with Gasteiger partial charge in [0, 0.05) is 6.42 Å². The maximum atomic E-state index is 12.9. The van der Waals surface area contributed by atoms with Gasteiger partial charge in [-0.2, -0.15) is 11.8 Å². The quantitative estimate of drug-likeness (QED) is 0.168. The number of nitrogens with one attached hydrogen (secondary N) is 3. The highest BCUT2D eigenvalue weighted by Gasteiger charge is 2.32. The zero-order valence-electron chi connectivity index (χ0n) is 20.1. The van der Waals surface area contributed by atoms with Crippen molar-refractivity contribution in [2.75, 3.05) is 12.0 Å². The number of aliphatic carboxylic acids is 1. The Labute approximate surface area is 199 Å². The lowest BCUT2D eigenvalue weighted by molar-refractivity contribution is -0.143. The molecule has 0 rings (SSSR count). The van der Waals surface area contributed by atoms with E-state index in [4.69, 9.17) is 11.5 Å². The van der Waals surface area contributed by atoms with E-state index in [-0.39, 0.29) is 31.1 Å². The minimum atomic E-state index is -1.17. The zero-order valence-corrected chi connectivity index (χ0v) is 20.9. The van der Waals surface area contributed by atoms with Crippen molar-refractivity contribution in [3.05, 3.63) is 0 Å². The first-order valence-corrected chi connectivity index (χ1v) is 12.4. The largest absolute Gasteiger partial charge is 0.480 e. The van der Waals surface area contributed by atoms with Gasteiger partial charge in [0.25, 0.3) is 0 Å². The Kier molecular flexibility index (Phi) is 14.4. The lowest BCUT2D eigenvalue weighted by Crippen LogP contribution is -2.58. The normalized spacial score (nSPS) is 14.8. The van der Waals surface area contributed by atoms with Gasteiger partial charge in [-0.25, -0.2) is 4.79 Å². The van der Waals surface area contributed by atoms with Crippen LogP contribution in [0.2, 0.25) is 0 Å². The molecule has 11 nitrogen and oxygen atoms in total. The highest BCUT2D eigenvalue weighted by Crippen LogP contribution is 2.09. The highest BCUT2D eigenvalue weighted by molar-refractivity contribution is 7.98. The minimum absolute atomic E-state index is 0.0298. The van der Waals surface area contributed by atoms with Gasteiger partial charge in [0.1, 0.15) is 18.1 Å². The number of thioether (sulfide) groups is 1. The predicted molar refractivity (Wildman–Crippen MR) is 127 cm³/mol. The smallest absolute Gasteiger partial charge is 0.326 e. The molecule has 0 saturated carbocycles. The number of rotatable bonds is 16. The van der Waals surface area contributed by atoms with Crippen LogP contribution in [0, 0.1) is 11.8 Å². The van der Waals surface area contributed by atoms with Crippen molar-refractivity contribution in [3.8, 4) is 0 Å². The maximum absolute atomic E-state index is 12.9. The first-order valence-electron chi connectivity index (χ1n) is 11.0. The van der Waals surface area contributed by atoms with Gasteiger partial charge in [-0.1, -0.05) is 27.7 Å². The van der Waals surface area contributed by atoms with E-state index in [2.05, 4.69) is 16.0 Å². The van der Waals surface area contributed by atoms with Crippen molar-refractivity contribution in [3.63, 3.8) is 0 Å². The standard InChI is InChI=1S/C21H39N5O6S/c1-11(2)10-15(21(31)32)25-20(30)17(12(3)4)26-19(29)14(6-7-16(23)27)24-18(28)13(22)8-9-33-5/h11-15,17H,6-10,22H2,1-5H3,(H2,23,27)(H,24,28)(H,25,30)(H,26,29)(H,31,32). The van der Waals surface area contributed by atoms with E-state index < -0.39 is 53.8 Å². The lowest BCUT2D eigenvalue weighted by atomic mass is 9.99. The molecule has 0 aliphatic heterocycles. The summed E-state index contributed by atoms with van der Waals surface area (Å²) in [4.78, 5) is 60.8. The topological polar surface area (TPSA) is 194 Å². The second-order valence-corrected chi connectivity index (χ2v) is 9.70. The van der Waals surface area contributed by atoms with Crippen molar-refractivity contribution >= 4 is 41.4 Å². The van der Waals surface area contributed by atoms with Crippen molar-refractivity contribution in [2.24, 2.45) is 23.3 Å². The molecule has 0 bridgehead atoms. The van der Waals surface area contributed by atoms with Crippen molar-refractivity contribution in [1.82, 2.24) is 16.0 Å². The van der Waals surface area contributed by atoms with Gasteiger partial charge in [-0.05, 0) is 43.1 Å². The average Bonchev–Trinajstić information content (AvgIpc) is 2.71. The molecule has 4 unspecified atom stereocenters. The third kappa shape index (κ3) is 12.5. The van der Waals surface area contributed by atoms with Crippen molar-refractivity contribution < 1.29 is 29.1 Å². The van der Waals surface area contributed by atoms with Crippen LogP contribution in [0.1, 0.15) is 53.4 Å². The number of hydrogen-bond acceptors (Lipinski definition) is 7. The summed E-state index contributed by atoms with van der Waals surface area (Å²) in [5, 5.41) is 17.0. The number of hydrogen-bond donors (Lipinski definition) is 6. The summed E-state index contributed by atoms with van der Waals surface area (Å²) >= 11 is 1.53. The zero-order chi connectivity index (χ0) is 25.7. The van der Waals surface area contributed by atoms with Crippen LogP contribution in [0.15, 0.2) is 0 Å². The number of carbonyl (C=O) groups is 5. The van der Waals surface area contributed by atoms with E-state index in [0.29, 0.717) is 12.2 Å². The summed E-state index contributed by atoms with van der Waals surface area (Å²) in [5.41, 5.74) is 11.0. The number of primary amides is 1. The Balaban J connectivity index is 5.44. The van der Waals surface area contributed by atoms with E-state index in [1.54, 1.807) is 13.8 Å². The fourth-order valence-corrected chi connectivity index (χ4v) is 3.44. The summed E-state index contributed by atoms with van der Waals surface area (Å²) in [6.45, 7) is 7.05. The molecule has 0 aromatic carbocycles. The summed E-state index contributed by atoms with van der Waals surface area (Å²) in [7, 11) is 0. The third-order valence-electron chi connectivity index (χ3n) is 4.85. The molecule has 4 atom stereocenters. The predicted octanol–water partition coefficient (Wildman–Crippen LogP) is -0.427. The summed E-state index contributed by atoms with van der Waals surface area (Å²) < 4.78 is 0. The highest BCUT2D eigenvalue weighted by atomic mass is 32.2.